The predicted molar refractivity (Wildman–Crippen MR) is 69.9 cm³/mol. The molecule has 0 aliphatic carbocycles. The molecule has 0 saturated heterocycles. The third kappa shape index (κ3) is 6.38. The van der Waals surface area contributed by atoms with E-state index < -0.39 is 12.0 Å². The van der Waals surface area contributed by atoms with Crippen molar-refractivity contribution in [3.05, 3.63) is 12.4 Å². The normalized spacial score (nSPS) is 10.0. The Morgan fingerprint density at radius 3 is 2.75 bits per heavy atom. The highest BCUT2D eigenvalue weighted by Gasteiger charge is 2.05. The van der Waals surface area contributed by atoms with Crippen molar-refractivity contribution in [1.29, 1.82) is 0 Å². The number of unbranched alkanes of at least 4 members (excludes halogenated alkanes) is 1. The van der Waals surface area contributed by atoms with Gasteiger partial charge < -0.3 is 21.5 Å². The minimum atomic E-state index is -1.02. The lowest BCUT2D eigenvalue weighted by Crippen LogP contribution is -2.29. The molecule has 0 fully saturated rings. The summed E-state index contributed by atoms with van der Waals surface area (Å²) in [5, 5.41) is 17.5. The molecule has 0 bridgehead atoms. The SMILES string of the molecule is NC(=O)CCCCNC(=O)Nc1cnn(CC(=O)O)c1. The van der Waals surface area contributed by atoms with Crippen LogP contribution in [0.25, 0.3) is 0 Å². The molecule has 0 aromatic carbocycles. The number of carboxylic acids is 1. The molecule has 0 aliphatic rings. The highest BCUT2D eigenvalue weighted by molar-refractivity contribution is 5.88. The number of anilines is 1. The number of aromatic nitrogens is 2. The van der Waals surface area contributed by atoms with E-state index in [4.69, 9.17) is 10.8 Å². The van der Waals surface area contributed by atoms with Crippen molar-refractivity contribution in [1.82, 2.24) is 15.1 Å². The quantitative estimate of drug-likeness (QED) is 0.487. The van der Waals surface area contributed by atoms with Crippen LogP contribution in [0.1, 0.15) is 19.3 Å². The zero-order valence-corrected chi connectivity index (χ0v) is 10.8. The Balaban J connectivity index is 2.23. The van der Waals surface area contributed by atoms with Gasteiger partial charge in [-0.3, -0.25) is 14.3 Å². The van der Waals surface area contributed by atoms with Crippen LogP contribution in [0.4, 0.5) is 10.5 Å². The van der Waals surface area contributed by atoms with Gasteiger partial charge in [0, 0.05) is 19.2 Å². The van der Waals surface area contributed by atoms with Crippen molar-refractivity contribution in [2.75, 3.05) is 11.9 Å². The van der Waals surface area contributed by atoms with Gasteiger partial charge in [0.25, 0.3) is 0 Å². The summed E-state index contributed by atoms with van der Waals surface area (Å²) in [5.74, 6) is -1.38. The van der Waals surface area contributed by atoms with E-state index in [0.29, 0.717) is 31.5 Å². The van der Waals surface area contributed by atoms with Crippen LogP contribution in [0.15, 0.2) is 12.4 Å². The molecule has 1 rings (SSSR count). The summed E-state index contributed by atoms with van der Waals surface area (Å²) >= 11 is 0. The topological polar surface area (TPSA) is 139 Å². The molecule has 0 saturated carbocycles. The van der Waals surface area contributed by atoms with E-state index in [2.05, 4.69) is 15.7 Å². The van der Waals surface area contributed by atoms with Crippen LogP contribution in [0.3, 0.4) is 0 Å². The van der Waals surface area contributed by atoms with Crippen molar-refractivity contribution >= 4 is 23.6 Å². The minimum Gasteiger partial charge on any atom is -0.480 e. The summed E-state index contributed by atoms with van der Waals surface area (Å²) in [6.45, 7) is 0.152. The number of nitrogens with zero attached hydrogens (tertiary/aromatic N) is 2. The number of urea groups is 1. The number of primary amides is 1. The van der Waals surface area contributed by atoms with Gasteiger partial charge in [0.05, 0.1) is 11.9 Å². The first-order valence-electron chi connectivity index (χ1n) is 6.05. The molecule has 3 amide bonds. The zero-order valence-electron chi connectivity index (χ0n) is 10.8. The number of carbonyl (C=O) groups is 3. The molecular weight excluding hydrogens is 266 g/mol. The van der Waals surface area contributed by atoms with Crippen LogP contribution < -0.4 is 16.4 Å². The highest BCUT2D eigenvalue weighted by atomic mass is 16.4. The van der Waals surface area contributed by atoms with Gasteiger partial charge in [0.1, 0.15) is 6.54 Å². The second-order valence-corrected chi connectivity index (χ2v) is 4.12. The van der Waals surface area contributed by atoms with E-state index in [1.807, 2.05) is 0 Å². The molecule has 9 heteroatoms. The molecular formula is C11H17N5O4. The lowest BCUT2D eigenvalue weighted by molar-refractivity contribution is -0.137. The first-order valence-corrected chi connectivity index (χ1v) is 6.05. The number of hydrogen-bond acceptors (Lipinski definition) is 4. The van der Waals surface area contributed by atoms with E-state index >= 15 is 0 Å². The molecule has 9 nitrogen and oxygen atoms in total. The largest absolute Gasteiger partial charge is 0.480 e. The van der Waals surface area contributed by atoms with Gasteiger partial charge in [-0.05, 0) is 12.8 Å². The summed E-state index contributed by atoms with van der Waals surface area (Å²) in [4.78, 5) is 32.4. The number of aliphatic carboxylic acids is 1. The number of carbonyl (C=O) groups excluding carboxylic acids is 2. The molecule has 0 spiro atoms. The van der Waals surface area contributed by atoms with Gasteiger partial charge in [0.15, 0.2) is 0 Å². The Labute approximate surface area is 115 Å². The fourth-order valence-corrected chi connectivity index (χ4v) is 1.45. The maximum Gasteiger partial charge on any atom is 0.325 e. The number of hydrogen-bond donors (Lipinski definition) is 4. The second-order valence-electron chi connectivity index (χ2n) is 4.12. The molecule has 20 heavy (non-hydrogen) atoms. The standard InChI is InChI=1S/C11H17N5O4/c12-9(17)3-1-2-4-13-11(20)15-8-5-14-16(6-8)7-10(18)19/h5-6H,1-4,7H2,(H2,12,17)(H,18,19)(H2,13,15,20). The number of rotatable bonds is 8. The van der Waals surface area contributed by atoms with Gasteiger partial charge in [-0.1, -0.05) is 0 Å². The number of nitrogens with one attached hydrogen (secondary N) is 2. The van der Waals surface area contributed by atoms with Crippen LogP contribution in [-0.4, -0.2) is 39.3 Å². The van der Waals surface area contributed by atoms with Crippen LogP contribution in [0, 0.1) is 0 Å². The molecule has 5 N–H and O–H groups in total. The Hall–Kier alpha value is -2.58. The van der Waals surface area contributed by atoms with Crippen LogP contribution in [-0.2, 0) is 16.1 Å². The minimum absolute atomic E-state index is 0.267. The third-order valence-electron chi connectivity index (χ3n) is 2.32. The van der Waals surface area contributed by atoms with Crippen LogP contribution >= 0.6 is 0 Å². The van der Waals surface area contributed by atoms with Gasteiger partial charge in [0.2, 0.25) is 5.91 Å². The summed E-state index contributed by atoms with van der Waals surface area (Å²) in [6, 6.07) is -0.418. The Kier molecular flexibility index (Phi) is 6.01. The Morgan fingerprint density at radius 1 is 1.35 bits per heavy atom. The number of nitrogens with two attached hydrogens (primary N) is 1. The van der Waals surface area contributed by atoms with Crippen molar-refractivity contribution in [2.45, 2.75) is 25.8 Å². The summed E-state index contributed by atoms with van der Waals surface area (Å²) in [7, 11) is 0. The summed E-state index contributed by atoms with van der Waals surface area (Å²) in [5.41, 5.74) is 5.39. The molecule has 110 valence electrons. The van der Waals surface area contributed by atoms with E-state index in [1.165, 1.54) is 17.1 Å². The lowest BCUT2D eigenvalue weighted by atomic mass is 10.2. The van der Waals surface area contributed by atoms with Crippen LogP contribution in [0.2, 0.25) is 0 Å². The van der Waals surface area contributed by atoms with E-state index in [0.717, 1.165) is 0 Å². The molecule has 0 aliphatic heterocycles. The van der Waals surface area contributed by atoms with Gasteiger partial charge in [-0.25, -0.2) is 4.79 Å². The van der Waals surface area contributed by atoms with Crippen molar-refractivity contribution in [3.63, 3.8) is 0 Å². The molecule has 0 radical (unpaired) electrons. The first-order chi connectivity index (χ1) is 9.47. The number of amides is 3. The molecule has 0 unspecified atom stereocenters. The van der Waals surface area contributed by atoms with E-state index in [9.17, 15) is 14.4 Å². The Bertz CT molecular complexity index is 485. The first kappa shape index (κ1) is 15.5. The maximum absolute atomic E-state index is 11.5. The van der Waals surface area contributed by atoms with Crippen molar-refractivity contribution in [3.8, 4) is 0 Å². The average Bonchev–Trinajstić information content (AvgIpc) is 2.74. The molecule has 1 heterocycles. The van der Waals surface area contributed by atoms with Gasteiger partial charge in [-0.15, -0.1) is 0 Å². The highest BCUT2D eigenvalue weighted by Crippen LogP contribution is 2.04. The maximum atomic E-state index is 11.5. The molecule has 1 aromatic rings. The summed E-state index contributed by atoms with van der Waals surface area (Å²) in [6.07, 6.45) is 4.34. The zero-order chi connectivity index (χ0) is 15.0. The fourth-order valence-electron chi connectivity index (χ4n) is 1.45. The smallest absolute Gasteiger partial charge is 0.325 e. The van der Waals surface area contributed by atoms with Crippen molar-refractivity contribution < 1.29 is 19.5 Å². The molecule has 0 atom stereocenters. The molecule has 1 aromatic heterocycles. The monoisotopic (exact) mass is 283 g/mol. The predicted octanol–water partition coefficient (Wildman–Crippen LogP) is -0.255. The van der Waals surface area contributed by atoms with Gasteiger partial charge in [-0.2, -0.15) is 5.10 Å². The number of carboxylic acid groups (broad SMARTS) is 1. The van der Waals surface area contributed by atoms with Crippen molar-refractivity contribution in [2.24, 2.45) is 5.73 Å². The lowest BCUT2D eigenvalue weighted by Gasteiger charge is -2.05. The van der Waals surface area contributed by atoms with Crippen LogP contribution in [0.5, 0.6) is 0 Å². The van der Waals surface area contributed by atoms with E-state index in [-0.39, 0.29) is 12.5 Å². The van der Waals surface area contributed by atoms with E-state index in [1.54, 1.807) is 0 Å². The third-order valence-corrected chi connectivity index (χ3v) is 2.32. The van der Waals surface area contributed by atoms with Gasteiger partial charge >= 0.3 is 12.0 Å². The fraction of sp³-hybridized carbons (Fsp3) is 0.455. The average molecular weight is 283 g/mol. The summed E-state index contributed by atoms with van der Waals surface area (Å²) < 4.78 is 1.20. The second kappa shape index (κ2) is 7.77. The Morgan fingerprint density at radius 2 is 2.10 bits per heavy atom.